The molecule has 0 bridgehead atoms. The van der Waals surface area contributed by atoms with Gasteiger partial charge in [-0.2, -0.15) is 11.8 Å². The Morgan fingerprint density at radius 1 is 1.50 bits per heavy atom. The molecule has 0 aliphatic rings. The third-order valence-corrected chi connectivity index (χ3v) is 4.03. The number of carbonyl (C=O) groups is 1. The maximum Gasteiger partial charge on any atom is 0.252 e. The first-order valence-electron chi connectivity index (χ1n) is 6.21. The molecule has 3 nitrogen and oxygen atoms in total. The maximum absolute atomic E-state index is 13.2. The Labute approximate surface area is 123 Å². The van der Waals surface area contributed by atoms with E-state index in [0.29, 0.717) is 17.7 Å². The molecule has 0 aliphatic heterocycles. The van der Waals surface area contributed by atoms with Gasteiger partial charge in [-0.3, -0.25) is 4.79 Å². The molecule has 1 rings (SSSR count). The van der Waals surface area contributed by atoms with Crippen LogP contribution in [0.5, 0.6) is 0 Å². The van der Waals surface area contributed by atoms with E-state index < -0.39 is 5.82 Å². The van der Waals surface area contributed by atoms with Crippen LogP contribution in [0.25, 0.3) is 0 Å². The minimum absolute atomic E-state index is 0.0568. The smallest absolute Gasteiger partial charge is 0.252 e. The number of benzene rings is 1. The third-order valence-electron chi connectivity index (χ3n) is 2.78. The normalized spacial score (nSPS) is 10.7. The number of halogens is 1. The molecular weight excluding hydrogens is 275 g/mol. The van der Waals surface area contributed by atoms with Crippen LogP contribution in [0.15, 0.2) is 18.2 Å². The first-order valence-corrected chi connectivity index (χ1v) is 7.44. The summed E-state index contributed by atoms with van der Waals surface area (Å²) in [7, 11) is 0. The summed E-state index contributed by atoms with van der Waals surface area (Å²) in [4.78, 5) is 12.2. The highest BCUT2D eigenvalue weighted by molar-refractivity contribution is 7.99. The summed E-state index contributed by atoms with van der Waals surface area (Å²) in [5.74, 6) is 4.68. The van der Waals surface area contributed by atoms with Crippen LogP contribution in [0, 0.1) is 17.7 Å². The van der Waals surface area contributed by atoms with Gasteiger partial charge in [0.05, 0.1) is 12.1 Å². The number of rotatable bonds is 4. The SMILES string of the molecule is CSC(C)(C)CNC(=O)c1ccc(F)cc1C#CCN. The summed E-state index contributed by atoms with van der Waals surface area (Å²) in [6, 6.07) is 3.94. The predicted molar refractivity (Wildman–Crippen MR) is 82.3 cm³/mol. The molecule has 0 fully saturated rings. The predicted octanol–water partition coefficient (Wildman–Crippen LogP) is 2.01. The summed E-state index contributed by atoms with van der Waals surface area (Å²) < 4.78 is 13.2. The van der Waals surface area contributed by atoms with Crippen LogP contribution < -0.4 is 11.1 Å². The number of nitrogens with one attached hydrogen (secondary N) is 1. The van der Waals surface area contributed by atoms with Crippen LogP contribution in [-0.2, 0) is 0 Å². The van der Waals surface area contributed by atoms with Gasteiger partial charge in [0.1, 0.15) is 5.82 Å². The van der Waals surface area contributed by atoms with E-state index in [1.165, 1.54) is 18.2 Å². The topological polar surface area (TPSA) is 55.1 Å². The first kappa shape index (κ1) is 16.5. The summed E-state index contributed by atoms with van der Waals surface area (Å²) in [6.45, 7) is 4.76. The second-order valence-corrected chi connectivity index (χ2v) is 6.36. The van der Waals surface area contributed by atoms with Crippen molar-refractivity contribution in [3.63, 3.8) is 0 Å². The zero-order chi connectivity index (χ0) is 15.2. The Hall–Kier alpha value is -1.51. The van der Waals surface area contributed by atoms with Crippen LogP contribution in [0.1, 0.15) is 29.8 Å². The Balaban J connectivity index is 2.92. The van der Waals surface area contributed by atoms with Gasteiger partial charge in [-0.25, -0.2) is 4.39 Å². The maximum atomic E-state index is 13.2. The highest BCUT2D eigenvalue weighted by atomic mass is 32.2. The van der Waals surface area contributed by atoms with E-state index in [2.05, 4.69) is 17.2 Å². The van der Waals surface area contributed by atoms with Crippen molar-refractivity contribution in [1.82, 2.24) is 5.32 Å². The summed E-state index contributed by atoms with van der Waals surface area (Å²) in [6.07, 6.45) is 1.99. The molecule has 0 saturated carbocycles. The standard InChI is InChI=1S/C15H19FN2OS/c1-15(2,20-3)10-18-14(19)13-7-6-12(16)9-11(13)5-4-8-17/h6-7,9H,8,10,17H2,1-3H3,(H,18,19). The average Bonchev–Trinajstić information content (AvgIpc) is 2.42. The second kappa shape index (κ2) is 7.32. The lowest BCUT2D eigenvalue weighted by Gasteiger charge is -2.22. The summed E-state index contributed by atoms with van der Waals surface area (Å²) in [5, 5.41) is 2.85. The Morgan fingerprint density at radius 3 is 2.80 bits per heavy atom. The Bertz CT molecular complexity index is 547. The van der Waals surface area contributed by atoms with Crippen LogP contribution in [0.4, 0.5) is 4.39 Å². The molecule has 5 heteroatoms. The van der Waals surface area contributed by atoms with Crippen molar-refractivity contribution in [2.24, 2.45) is 5.73 Å². The van der Waals surface area contributed by atoms with Crippen molar-refractivity contribution in [2.45, 2.75) is 18.6 Å². The molecule has 1 aromatic rings. The number of thioether (sulfide) groups is 1. The van der Waals surface area contributed by atoms with Gasteiger partial charge in [0.25, 0.3) is 5.91 Å². The number of amides is 1. The average molecular weight is 294 g/mol. The van der Waals surface area contributed by atoms with E-state index in [9.17, 15) is 9.18 Å². The number of hydrogen-bond acceptors (Lipinski definition) is 3. The van der Waals surface area contributed by atoms with Crippen molar-refractivity contribution < 1.29 is 9.18 Å². The molecule has 108 valence electrons. The molecule has 0 atom stereocenters. The molecule has 1 amide bonds. The van der Waals surface area contributed by atoms with E-state index in [-0.39, 0.29) is 17.2 Å². The largest absolute Gasteiger partial charge is 0.351 e. The van der Waals surface area contributed by atoms with Crippen molar-refractivity contribution >= 4 is 17.7 Å². The summed E-state index contributed by atoms with van der Waals surface area (Å²) in [5.41, 5.74) is 6.03. The lowest BCUT2D eigenvalue weighted by Crippen LogP contribution is -2.36. The Kier molecular flexibility index (Phi) is 6.05. The third kappa shape index (κ3) is 4.87. The van der Waals surface area contributed by atoms with Crippen molar-refractivity contribution in [3.05, 3.63) is 35.1 Å². The van der Waals surface area contributed by atoms with Gasteiger partial charge in [0.15, 0.2) is 0 Å². The minimum Gasteiger partial charge on any atom is -0.351 e. The lowest BCUT2D eigenvalue weighted by molar-refractivity contribution is 0.0950. The van der Waals surface area contributed by atoms with Gasteiger partial charge in [-0.15, -0.1) is 0 Å². The molecule has 0 spiro atoms. The fraction of sp³-hybridized carbons (Fsp3) is 0.400. The molecule has 0 unspecified atom stereocenters. The molecule has 0 radical (unpaired) electrons. The molecule has 20 heavy (non-hydrogen) atoms. The van der Waals surface area contributed by atoms with Crippen molar-refractivity contribution in [2.75, 3.05) is 19.3 Å². The molecule has 0 saturated heterocycles. The Morgan fingerprint density at radius 2 is 2.20 bits per heavy atom. The van der Waals surface area contributed by atoms with Crippen molar-refractivity contribution in [3.8, 4) is 11.8 Å². The molecule has 1 aromatic carbocycles. The first-order chi connectivity index (χ1) is 9.39. The quantitative estimate of drug-likeness (QED) is 0.835. The van der Waals surface area contributed by atoms with E-state index in [1.807, 2.05) is 20.1 Å². The zero-order valence-corrected chi connectivity index (χ0v) is 12.7. The van der Waals surface area contributed by atoms with E-state index in [0.717, 1.165) is 0 Å². The minimum atomic E-state index is -0.424. The molecular formula is C15H19FN2OS. The lowest BCUT2D eigenvalue weighted by atomic mass is 10.1. The van der Waals surface area contributed by atoms with Gasteiger partial charge >= 0.3 is 0 Å². The molecule has 3 N–H and O–H groups in total. The number of nitrogens with two attached hydrogens (primary N) is 1. The molecule has 0 heterocycles. The monoisotopic (exact) mass is 294 g/mol. The van der Waals surface area contributed by atoms with Crippen LogP contribution in [0.3, 0.4) is 0 Å². The van der Waals surface area contributed by atoms with E-state index in [4.69, 9.17) is 5.73 Å². The molecule has 0 aliphatic carbocycles. The van der Waals surface area contributed by atoms with Gasteiger partial charge in [0, 0.05) is 16.9 Å². The van der Waals surface area contributed by atoms with E-state index in [1.54, 1.807) is 11.8 Å². The van der Waals surface area contributed by atoms with Crippen LogP contribution in [-0.4, -0.2) is 30.0 Å². The summed E-state index contributed by atoms with van der Waals surface area (Å²) >= 11 is 1.67. The fourth-order valence-electron chi connectivity index (χ4n) is 1.42. The highest BCUT2D eigenvalue weighted by Gasteiger charge is 2.18. The fourth-order valence-corrected chi connectivity index (χ4v) is 1.64. The second-order valence-electron chi connectivity index (χ2n) is 4.84. The van der Waals surface area contributed by atoms with Gasteiger partial charge < -0.3 is 11.1 Å². The number of hydrogen-bond donors (Lipinski definition) is 2. The van der Waals surface area contributed by atoms with Crippen LogP contribution in [0.2, 0.25) is 0 Å². The van der Waals surface area contributed by atoms with Gasteiger partial charge in [0.2, 0.25) is 0 Å². The van der Waals surface area contributed by atoms with Crippen molar-refractivity contribution in [1.29, 1.82) is 0 Å². The van der Waals surface area contributed by atoms with Crippen LogP contribution >= 0.6 is 11.8 Å². The number of carbonyl (C=O) groups excluding carboxylic acids is 1. The molecule has 0 aromatic heterocycles. The zero-order valence-electron chi connectivity index (χ0n) is 11.9. The van der Waals surface area contributed by atoms with E-state index >= 15 is 0 Å². The highest BCUT2D eigenvalue weighted by Crippen LogP contribution is 2.20. The van der Waals surface area contributed by atoms with Gasteiger partial charge in [-0.05, 0) is 38.3 Å². The van der Waals surface area contributed by atoms with Gasteiger partial charge in [-0.1, -0.05) is 11.8 Å².